The van der Waals surface area contributed by atoms with E-state index in [1.165, 1.54) is 6.92 Å². The maximum Gasteiger partial charge on any atom is 0.411 e. The molecule has 0 saturated carbocycles. The Morgan fingerprint density at radius 2 is 0.786 bits per heavy atom. The molecule has 0 aliphatic carbocycles. The molecule has 56 heavy (non-hydrogen) atoms. The highest BCUT2D eigenvalue weighted by atomic mass is 19.4. The minimum absolute atomic E-state index is 0.0521. The summed E-state index contributed by atoms with van der Waals surface area (Å²) >= 11 is 0. The highest BCUT2D eigenvalue weighted by Gasteiger charge is 2.74. The maximum absolute atomic E-state index is 15.0. The molecule has 2 N–H and O–H groups in total. The molecule has 4 aromatic carbocycles. The molecule has 6 rings (SSSR count). The van der Waals surface area contributed by atoms with Crippen molar-refractivity contribution in [1.29, 1.82) is 0 Å². The number of nitrogens with zero attached hydrogens (tertiary/aromatic N) is 2. The smallest absolute Gasteiger partial charge is 0.411 e. The van der Waals surface area contributed by atoms with Gasteiger partial charge in [0.25, 0.3) is 23.6 Å². The summed E-state index contributed by atoms with van der Waals surface area (Å²) in [5, 5.41) is 20.8. The van der Waals surface area contributed by atoms with Crippen LogP contribution in [0.4, 0.5) is 58.4 Å². The first-order chi connectivity index (χ1) is 25.6. The first-order valence-corrected chi connectivity index (χ1v) is 15.5. The van der Waals surface area contributed by atoms with Gasteiger partial charge in [0.1, 0.15) is 11.5 Å². The highest BCUT2D eigenvalue weighted by molar-refractivity contribution is 6.35. The van der Waals surface area contributed by atoms with E-state index in [9.17, 15) is 82.1 Å². The highest BCUT2D eigenvalue weighted by Crippen LogP contribution is 2.59. The number of carbonyl (C=O) groups excluding carboxylic acids is 4. The number of carbonyl (C=O) groups is 4. The first kappa shape index (κ1) is 39.6. The topological polar surface area (TPSA) is 115 Å². The summed E-state index contributed by atoms with van der Waals surface area (Å²) < 4.78 is 178. The number of anilines is 1. The minimum atomic E-state index is -6.30. The van der Waals surface area contributed by atoms with Gasteiger partial charge in [0, 0.05) is 7.05 Å². The second kappa shape index (κ2) is 12.2. The third kappa shape index (κ3) is 5.24. The lowest BCUT2D eigenvalue weighted by atomic mass is 9.71. The van der Waals surface area contributed by atoms with Gasteiger partial charge in [-0.1, -0.05) is 30.3 Å². The molecule has 0 saturated heterocycles. The molecule has 294 valence electrons. The Balaban J connectivity index is 1.50. The number of amides is 4. The molecule has 0 spiro atoms. The molecular weight excluding hydrogens is 784 g/mol. The van der Waals surface area contributed by atoms with E-state index in [0.717, 1.165) is 13.1 Å². The monoisotopic (exact) mass is 804 g/mol. The Kier molecular flexibility index (Phi) is 8.64. The molecule has 2 aliphatic heterocycles. The Hall–Kier alpha value is -6.08. The maximum atomic E-state index is 15.0. The number of hydrogen-bond donors (Lipinski definition) is 2. The zero-order valence-corrected chi connectivity index (χ0v) is 27.9. The largest absolute Gasteiger partial charge is 0.508 e. The van der Waals surface area contributed by atoms with Gasteiger partial charge >= 0.3 is 24.7 Å². The van der Waals surface area contributed by atoms with Crippen molar-refractivity contribution in [2.45, 2.75) is 42.5 Å². The van der Waals surface area contributed by atoms with Crippen LogP contribution < -0.4 is 4.90 Å². The number of phenols is 2. The van der Waals surface area contributed by atoms with Crippen molar-refractivity contribution in [2.24, 2.45) is 0 Å². The van der Waals surface area contributed by atoms with Crippen LogP contribution >= 0.6 is 0 Å². The summed E-state index contributed by atoms with van der Waals surface area (Å²) in [6.07, 6.45) is -25.1. The number of halogens is 12. The number of benzene rings is 4. The van der Waals surface area contributed by atoms with Crippen LogP contribution in [0.15, 0.2) is 72.8 Å². The van der Waals surface area contributed by atoms with Gasteiger partial charge in [0.15, 0.2) is 0 Å². The van der Waals surface area contributed by atoms with Gasteiger partial charge in [0.2, 0.25) is 10.8 Å². The van der Waals surface area contributed by atoms with Crippen LogP contribution in [0.25, 0.3) is 0 Å². The van der Waals surface area contributed by atoms with Crippen molar-refractivity contribution in [3.05, 3.63) is 123 Å². The van der Waals surface area contributed by atoms with Gasteiger partial charge in [-0.2, -0.15) is 52.7 Å². The molecule has 20 heteroatoms. The average molecular weight is 805 g/mol. The molecule has 0 aromatic heterocycles. The first-order valence-electron chi connectivity index (χ1n) is 15.5. The minimum Gasteiger partial charge on any atom is -0.508 e. The van der Waals surface area contributed by atoms with Gasteiger partial charge < -0.3 is 10.2 Å². The Morgan fingerprint density at radius 3 is 1.21 bits per heavy atom. The van der Waals surface area contributed by atoms with E-state index in [1.54, 1.807) is 0 Å². The van der Waals surface area contributed by atoms with Crippen LogP contribution in [-0.4, -0.2) is 70.5 Å². The van der Waals surface area contributed by atoms with Crippen molar-refractivity contribution >= 4 is 29.3 Å². The van der Waals surface area contributed by atoms with E-state index in [4.69, 9.17) is 0 Å². The number of imide groups is 2. The van der Waals surface area contributed by atoms with Crippen molar-refractivity contribution in [1.82, 2.24) is 4.90 Å². The number of aromatic hydroxyl groups is 2. The molecule has 0 fully saturated rings. The van der Waals surface area contributed by atoms with E-state index in [0.29, 0.717) is 29.2 Å². The Bertz CT molecular complexity index is 2350. The number of rotatable bonds is 5. The summed E-state index contributed by atoms with van der Waals surface area (Å²) in [5.74, 6) is -8.05. The Labute approximate surface area is 305 Å². The molecule has 0 unspecified atom stereocenters. The lowest BCUT2D eigenvalue weighted by Gasteiger charge is -2.38. The number of aryl methyl sites for hydroxylation is 1. The van der Waals surface area contributed by atoms with Crippen LogP contribution in [0.5, 0.6) is 11.5 Å². The van der Waals surface area contributed by atoms with E-state index in [-0.39, 0.29) is 52.9 Å². The summed E-state index contributed by atoms with van der Waals surface area (Å²) in [6, 6.07) is 3.44. The Morgan fingerprint density at radius 1 is 0.446 bits per heavy atom. The lowest BCUT2D eigenvalue weighted by Crippen LogP contribution is -2.55. The van der Waals surface area contributed by atoms with Gasteiger partial charge in [-0.15, -0.1) is 0 Å². The van der Waals surface area contributed by atoms with E-state index < -0.39 is 121 Å². The summed E-state index contributed by atoms with van der Waals surface area (Å²) in [7, 11) is 0.935. The molecule has 4 amide bonds. The van der Waals surface area contributed by atoms with Gasteiger partial charge in [-0.05, 0) is 77.2 Å². The van der Waals surface area contributed by atoms with Crippen LogP contribution in [0.1, 0.15) is 69.2 Å². The molecule has 4 aromatic rings. The zero-order chi connectivity index (χ0) is 41.9. The van der Waals surface area contributed by atoms with Gasteiger partial charge in [-0.3, -0.25) is 24.1 Å². The van der Waals surface area contributed by atoms with Crippen LogP contribution in [0.3, 0.4) is 0 Å². The lowest BCUT2D eigenvalue weighted by molar-refractivity contribution is -0.290. The summed E-state index contributed by atoms with van der Waals surface area (Å²) in [4.78, 5) is 52.2. The second-order valence-corrected chi connectivity index (χ2v) is 12.8. The van der Waals surface area contributed by atoms with Gasteiger partial charge in [-0.25, -0.2) is 4.90 Å². The molecule has 8 nitrogen and oxygen atoms in total. The third-order valence-corrected chi connectivity index (χ3v) is 9.83. The SMILES string of the molecule is Cc1ccc(C(c2ccc(N3C(=O)c4ccc(C(c5ccc6c(c5)C(=O)N(C)C6=O)(C(F)(F)F)C(F)(F)F)cc4C3=O)c(O)c2)(C(F)(F)F)C(F)(F)F)cc1O. The number of fused-ring (bicyclic) bond motifs is 2. The molecule has 0 bridgehead atoms. The molecule has 0 radical (unpaired) electrons. The molecule has 2 aliphatic rings. The zero-order valence-electron chi connectivity index (χ0n) is 27.9. The molecule has 2 heterocycles. The standard InChI is InChI=1S/C36H20F12N2O6/c1-15-3-4-18(13-25(15)51)32(35(43,44)45,36(46,47)48)19-7-10-24(26(52)14-19)50-29(55)21-9-6-17(12-23(21)30(50)56)31(33(37,38)39,34(40,41)42)16-5-8-20-22(11-16)28(54)49(2)27(20)53/h3-14,51-52H,1-2H3. The second-order valence-electron chi connectivity index (χ2n) is 12.8. The predicted molar refractivity (Wildman–Crippen MR) is 167 cm³/mol. The van der Waals surface area contributed by atoms with Crippen LogP contribution in [-0.2, 0) is 10.8 Å². The van der Waals surface area contributed by atoms with E-state index in [1.807, 2.05) is 0 Å². The molecular formula is C36H20F12N2O6. The predicted octanol–water partition coefficient (Wildman–Crippen LogP) is 8.25. The molecule has 0 atom stereocenters. The normalized spacial score (nSPS) is 15.5. The summed E-state index contributed by atoms with van der Waals surface area (Å²) in [5.41, 5.74) is -21.1. The van der Waals surface area contributed by atoms with Crippen molar-refractivity contribution in [2.75, 3.05) is 11.9 Å². The fraction of sp³-hybridized carbons (Fsp3) is 0.222. The summed E-state index contributed by atoms with van der Waals surface area (Å²) in [6.45, 7) is 1.18. The van der Waals surface area contributed by atoms with Crippen molar-refractivity contribution in [3.8, 4) is 11.5 Å². The third-order valence-electron chi connectivity index (χ3n) is 9.83. The number of phenolic OH excluding ortho intramolecular Hbond substituents is 2. The van der Waals surface area contributed by atoms with Gasteiger partial charge in [0.05, 0.1) is 27.9 Å². The quantitative estimate of drug-likeness (QED) is 0.155. The van der Waals surface area contributed by atoms with E-state index >= 15 is 0 Å². The van der Waals surface area contributed by atoms with E-state index in [2.05, 4.69) is 0 Å². The number of alkyl halides is 12. The average Bonchev–Trinajstić information content (AvgIpc) is 3.43. The van der Waals surface area contributed by atoms with Crippen molar-refractivity contribution in [3.63, 3.8) is 0 Å². The fourth-order valence-corrected chi connectivity index (χ4v) is 7.04. The van der Waals surface area contributed by atoms with Crippen molar-refractivity contribution < 1.29 is 82.1 Å². The van der Waals surface area contributed by atoms with Crippen LogP contribution in [0.2, 0.25) is 0 Å². The number of hydrogen-bond acceptors (Lipinski definition) is 6. The fourth-order valence-electron chi connectivity index (χ4n) is 7.04. The van der Waals surface area contributed by atoms with Crippen LogP contribution in [0, 0.1) is 6.92 Å².